The van der Waals surface area contributed by atoms with Gasteiger partial charge in [0.25, 0.3) is 0 Å². The maximum Gasteiger partial charge on any atom is 0.371 e. The fraction of sp³-hybridized carbons (Fsp3) is 0.200. The zero-order valence-electron chi connectivity index (χ0n) is 10.8. The van der Waals surface area contributed by atoms with E-state index in [9.17, 15) is 4.79 Å². The third kappa shape index (κ3) is 3.39. The van der Waals surface area contributed by atoms with Gasteiger partial charge in [0.2, 0.25) is 5.76 Å². The highest BCUT2D eigenvalue weighted by molar-refractivity contribution is 5.84. The molecule has 20 heavy (non-hydrogen) atoms. The highest BCUT2D eigenvalue weighted by atomic mass is 16.4. The number of aromatic carboxylic acids is 1. The molecule has 0 saturated heterocycles. The summed E-state index contributed by atoms with van der Waals surface area (Å²) in [7, 11) is 0. The second-order valence-electron chi connectivity index (χ2n) is 4.24. The number of para-hydroxylation sites is 1. The zero-order chi connectivity index (χ0) is 14.4. The number of hydrogen-bond acceptors (Lipinski definition) is 4. The van der Waals surface area contributed by atoms with Crippen LogP contribution < -0.4 is 4.90 Å². The van der Waals surface area contributed by atoms with Gasteiger partial charge in [0.05, 0.1) is 19.0 Å². The van der Waals surface area contributed by atoms with Gasteiger partial charge in [0.15, 0.2) is 0 Å². The molecule has 1 heterocycles. The molecule has 2 aromatic rings. The van der Waals surface area contributed by atoms with E-state index >= 15 is 0 Å². The number of furan rings is 1. The van der Waals surface area contributed by atoms with E-state index in [0.29, 0.717) is 25.3 Å². The zero-order valence-corrected chi connectivity index (χ0v) is 10.8. The average molecular weight is 270 g/mol. The third-order valence-corrected chi connectivity index (χ3v) is 2.83. The van der Waals surface area contributed by atoms with E-state index in [1.165, 1.54) is 6.07 Å². The van der Waals surface area contributed by atoms with Gasteiger partial charge >= 0.3 is 5.97 Å². The summed E-state index contributed by atoms with van der Waals surface area (Å²) in [5.74, 6) is -0.600. The second kappa shape index (κ2) is 6.43. The van der Waals surface area contributed by atoms with E-state index in [4.69, 9.17) is 14.8 Å². The van der Waals surface area contributed by atoms with Crippen LogP contribution in [-0.4, -0.2) is 17.6 Å². The van der Waals surface area contributed by atoms with Crippen molar-refractivity contribution in [1.29, 1.82) is 5.26 Å². The van der Waals surface area contributed by atoms with Crippen LogP contribution in [0.4, 0.5) is 5.69 Å². The Morgan fingerprint density at radius 2 is 2.00 bits per heavy atom. The molecule has 0 aliphatic rings. The molecule has 0 fully saturated rings. The maximum absolute atomic E-state index is 10.8. The maximum atomic E-state index is 10.8. The highest BCUT2D eigenvalue weighted by Gasteiger charge is 2.12. The number of carboxylic acid groups (broad SMARTS) is 1. The number of nitrogens with zero attached hydrogens (tertiary/aromatic N) is 2. The number of benzene rings is 1. The fourth-order valence-corrected chi connectivity index (χ4v) is 1.89. The predicted molar refractivity (Wildman–Crippen MR) is 73.4 cm³/mol. The third-order valence-electron chi connectivity index (χ3n) is 2.83. The highest BCUT2D eigenvalue weighted by Crippen LogP contribution is 2.18. The Balaban J connectivity index is 2.15. The first-order chi connectivity index (χ1) is 9.70. The standard InChI is InChI=1S/C15H14N2O3/c16-9-4-10-17(12-5-2-1-3-6-12)11-13-7-8-14(20-13)15(18)19/h1-3,5-8H,4,10-11H2,(H,18,19). The van der Waals surface area contributed by atoms with Crippen molar-refractivity contribution in [2.45, 2.75) is 13.0 Å². The minimum absolute atomic E-state index is 0.0757. The van der Waals surface area contributed by atoms with Crippen molar-refractivity contribution < 1.29 is 14.3 Å². The Morgan fingerprint density at radius 3 is 2.60 bits per heavy atom. The van der Waals surface area contributed by atoms with E-state index in [-0.39, 0.29) is 5.76 Å². The molecule has 0 aliphatic carbocycles. The summed E-state index contributed by atoms with van der Waals surface area (Å²) in [6.07, 6.45) is 0.390. The van der Waals surface area contributed by atoms with Crippen molar-refractivity contribution in [3.63, 3.8) is 0 Å². The van der Waals surface area contributed by atoms with Gasteiger partial charge < -0.3 is 14.4 Å². The average Bonchev–Trinajstić information content (AvgIpc) is 2.93. The van der Waals surface area contributed by atoms with Gasteiger partial charge in [0, 0.05) is 12.2 Å². The van der Waals surface area contributed by atoms with Gasteiger partial charge in [-0.25, -0.2) is 4.79 Å². The molecule has 1 aromatic heterocycles. The van der Waals surface area contributed by atoms with Crippen LogP contribution in [0.5, 0.6) is 0 Å². The molecule has 1 N–H and O–H groups in total. The Hall–Kier alpha value is -2.74. The van der Waals surface area contributed by atoms with Crippen LogP contribution >= 0.6 is 0 Å². The van der Waals surface area contributed by atoms with Gasteiger partial charge in [0.1, 0.15) is 5.76 Å². The van der Waals surface area contributed by atoms with Crippen LogP contribution in [0.2, 0.25) is 0 Å². The summed E-state index contributed by atoms with van der Waals surface area (Å²) in [5.41, 5.74) is 0.969. The molecule has 1 aromatic carbocycles. The molecule has 0 unspecified atom stereocenters. The van der Waals surface area contributed by atoms with Crippen LogP contribution in [0.1, 0.15) is 22.7 Å². The van der Waals surface area contributed by atoms with Crippen molar-refractivity contribution in [3.05, 3.63) is 54.0 Å². The van der Waals surface area contributed by atoms with E-state index in [1.807, 2.05) is 35.2 Å². The summed E-state index contributed by atoms with van der Waals surface area (Å²) in [5, 5.41) is 17.6. The lowest BCUT2D eigenvalue weighted by Crippen LogP contribution is -2.23. The summed E-state index contributed by atoms with van der Waals surface area (Å²) < 4.78 is 5.25. The molecule has 0 amide bonds. The fourth-order valence-electron chi connectivity index (χ4n) is 1.89. The van der Waals surface area contributed by atoms with Crippen molar-refractivity contribution in [1.82, 2.24) is 0 Å². The van der Waals surface area contributed by atoms with Gasteiger partial charge in [-0.1, -0.05) is 18.2 Å². The number of nitriles is 1. The van der Waals surface area contributed by atoms with Crippen LogP contribution in [0.15, 0.2) is 46.9 Å². The van der Waals surface area contributed by atoms with Crippen molar-refractivity contribution in [2.24, 2.45) is 0 Å². The van der Waals surface area contributed by atoms with Gasteiger partial charge in [-0.3, -0.25) is 0 Å². The molecule has 0 aliphatic heterocycles. The predicted octanol–water partition coefficient (Wildman–Crippen LogP) is 2.90. The lowest BCUT2D eigenvalue weighted by atomic mass is 10.2. The molecule has 0 atom stereocenters. The van der Waals surface area contributed by atoms with E-state index in [2.05, 4.69) is 6.07 Å². The largest absolute Gasteiger partial charge is 0.475 e. The normalized spacial score (nSPS) is 9.95. The molecule has 5 heteroatoms. The lowest BCUT2D eigenvalue weighted by molar-refractivity contribution is 0.0660. The molecular formula is C15H14N2O3. The first-order valence-electron chi connectivity index (χ1n) is 6.19. The van der Waals surface area contributed by atoms with Gasteiger partial charge in [-0.15, -0.1) is 0 Å². The Labute approximate surface area is 116 Å². The molecule has 102 valence electrons. The Morgan fingerprint density at radius 1 is 1.25 bits per heavy atom. The molecule has 2 rings (SSSR count). The SMILES string of the molecule is N#CCCN(Cc1ccc(C(=O)O)o1)c1ccccc1. The summed E-state index contributed by atoms with van der Waals surface area (Å²) >= 11 is 0. The summed E-state index contributed by atoms with van der Waals surface area (Å²) in [4.78, 5) is 12.8. The monoisotopic (exact) mass is 270 g/mol. The number of anilines is 1. The Bertz CT molecular complexity index is 614. The van der Waals surface area contributed by atoms with Crippen LogP contribution in [0.25, 0.3) is 0 Å². The number of carbonyl (C=O) groups is 1. The lowest BCUT2D eigenvalue weighted by Gasteiger charge is -2.22. The number of carboxylic acids is 1. The summed E-state index contributed by atoms with van der Waals surface area (Å²) in [6, 6.07) is 14.8. The first kappa shape index (κ1) is 13.7. The Kier molecular flexibility index (Phi) is 4.40. The van der Waals surface area contributed by atoms with Crippen LogP contribution in [-0.2, 0) is 6.54 Å². The quantitative estimate of drug-likeness (QED) is 0.873. The van der Waals surface area contributed by atoms with Crippen LogP contribution in [0, 0.1) is 11.3 Å². The van der Waals surface area contributed by atoms with Gasteiger partial charge in [-0.05, 0) is 24.3 Å². The van der Waals surface area contributed by atoms with Gasteiger partial charge in [-0.2, -0.15) is 5.26 Å². The molecular weight excluding hydrogens is 256 g/mol. The molecule has 5 nitrogen and oxygen atoms in total. The van der Waals surface area contributed by atoms with E-state index < -0.39 is 5.97 Å². The van der Waals surface area contributed by atoms with Crippen molar-refractivity contribution in [3.8, 4) is 6.07 Å². The molecule has 0 saturated carbocycles. The molecule has 0 bridgehead atoms. The topological polar surface area (TPSA) is 77.5 Å². The van der Waals surface area contributed by atoms with E-state index in [1.54, 1.807) is 6.07 Å². The van der Waals surface area contributed by atoms with Crippen molar-refractivity contribution in [2.75, 3.05) is 11.4 Å². The second-order valence-corrected chi connectivity index (χ2v) is 4.24. The summed E-state index contributed by atoms with van der Waals surface area (Å²) in [6.45, 7) is 0.989. The molecule has 0 spiro atoms. The number of rotatable bonds is 6. The minimum Gasteiger partial charge on any atom is -0.475 e. The van der Waals surface area contributed by atoms with Crippen LogP contribution in [0.3, 0.4) is 0 Å². The first-order valence-corrected chi connectivity index (χ1v) is 6.19. The minimum atomic E-state index is -1.08. The number of hydrogen-bond donors (Lipinski definition) is 1. The van der Waals surface area contributed by atoms with E-state index in [0.717, 1.165) is 5.69 Å². The van der Waals surface area contributed by atoms with Crippen molar-refractivity contribution >= 4 is 11.7 Å². The smallest absolute Gasteiger partial charge is 0.371 e. The molecule has 0 radical (unpaired) electrons.